The number of hydrogen-bond donors (Lipinski definition) is 1. The molecule has 6 heteroatoms. The SMILES string of the molecule is O=S([O-])NCc1ccccc1C(CI)CI. The van der Waals surface area contributed by atoms with Crippen LogP contribution in [0.2, 0.25) is 0 Å². The third-order valence-electron chi connectivity index (χ3n) is 2.25. The summed E-state index contributed by atoms with van der Waals surface area (Å²) >= 11 is 2.53. The van der Waals surface area contributed by atoms with E-state index in [4.69, 9.17) is 0 Å². The number of alkyl halides is 2. The molecule has 0 saturated heterocycles. The zero-order chi connectivity index (χ0) is 12.0. The summed E-state index contributed by atoms with van der Waals surface area (Å²) in [5.41, 5.74) is 2.30. The van der Waals surface area contributed by atoms with E-state index in [9.17, 15) is 8.76 Å². The van der Waals surface area contributed by atoms with E-state index < -0.39 is 11.3 Å². The molecule has 0 aliphatic carbocycles. The average molecular weight is 464 g/mol. The van der Waals surface area contributed by atoms with E-state index in [2.05, 4.69) is 56.0 Å². The van der Waals surface area contributed by atoms with Crippen molar-refractivity contribution >= 4 is 56.4 Å². The van der Waals surface area contributed by atoms with Gasteiger partial charge < -0.3 is 4.55 Å². The summed E-state index contributed by atoms with van der Waals surface area (Å²) in [6, 6.07) is 7.98. The molecule has 16 heavy (non-hydrogen) atoms. The molecule has 0 heterocycles. The van der Waals surface area contributed by atoms with Crippen LogP contribution in [0, 0.1) is 0 Å². The van der Waals surface area contributed by atoms with Gasteiger partial charge in [0, 0.05) is 32.6 Å². The van der Waals surface area contributed by atoms with Crippen LogP contribution in [0.1, 0.15) is 17.0 Å². The zero-order valence-electron chi connectivity index (χ0n) is 8.49. The first kappa shape index (κ1) is 14.8. The molecule has 0 saturated carbocycles. The Morgan fingerprint density at radius 1 is 1.31 bits per heavy atom. The first-order valence-electron chi connectivity index (χ1n) is 4.71. The third kappa shape index (κ3) is 4.55. The van der Waals surface area contributed by atoms with Gasteiger partial charge in [-0.15, -0.1) is 0 Å². The summed E-state index contributed by atoms with van der Waals surface area (Å²) in [6.45, 7) is 0.371. The monoisotopic (exact) mass is 464 g/mol. The molecule has 0 bridgehead atoms. The Balaban J connectivity index is 2.86. The van der Waals surface area contributed by atoms with Gasteiger partial charge in [-0.25, -0.2) is 4.72 Å². The lowest BCUT2D eigenvalue weighted by Crippen LogP contribution is -2.18. The summed E-state index contributed by atoms with van der Waals surface area (Å²) < 4.78 is 25.5. The molecular formula is C10H12I2NO2S-. The summed E-state index contributed by atoms with van der Waals surface area (Å²) in [5.74, 6) is 0.485. The van der Waals surface area contributed by atoms with Crippen molar-refractivity contribution in [3.05, 3.63) is 35.4 Å². The van der Waals surface area contributed by atoms with Crippen LogP contribution in [0.4, 0.5) is 0 Å². The molecule has 1 atom stereocenters. The minimum absolute atomic E-state index is 0.371. The summed E-state index contributed by atoms with van der Waals surface area (Å²) in [5, 5.41) is 0. The molecule has 1 unspecified atom stereocenters. The first-order valence-corrected chi connectivity index (χ1v) is 8.84. The van der Waals surface area contributed by atoms with Gasteiger partial charge in [0.25, 0.3) is 0 Å². The van der Waals surface area contributed by atoms with Crippen molar-refractivity contribution in [3.8, 4) is 0 Å². The molecule has 0 aromatic heterocycles. The highest BCUT2D eigenvalue weighted by atomic mass is 127. The van der Waals surface area contributed by atoms with Crippen LogP contribution in [-0.2, 0) is 17.8 Å². The minimum Gasteiger partial charge on any atom is -0.760 e. The Labute approximate surface area is 125 Å². The van der Waals surface area contributed by atoms with Gasteiger partial charge in [0.05, 0.1) is 0 Å². The lowest BCUT2D eigenvalue weighted by atomic mass is 9.97. The van der Waals surface area contributed by atoms with Crippen molar-refractivity contribution in [1.82, 2.24) is 4.72 Å². The van der Waals surface area contributed by atoms with Crippen LogP contribution in [0.15, 0.2) is 24.3 Å². The molecule has 1 N–H and O–H groups in total. The van der Waals surface area contributed by atoms with E-state index in [1.54, 1.807) is 0 Å². The van der Waals surface area contributed by atoms with Gasteiger partial charge in [-0.3, -0.25) is 4.21 Å². The van der Waals surface area contributed by atoms with Gasteiger partial charge in [0.15, 0.2) is 0 Å². The molecule has 0 fully saturated rings. The molecule has 0 radical (unpaired) electrons. The van der Waals surface area contributed by atoms with Gasteiger partial charge in [-0.05, 0) is 11.1 Å². The van der Waals surface area contributed by atoms with Gasteiger partial charge in [0.2, 0.25) is 0 Å². The van der Waals surface area contributed by atoms with Gasteiger partial charge in [-0.1, -0.05) is 69.4 Å². The molecule has 3 nitrogen and oxygen atoms in total. The highest BCUT2D eigenvalue weighted by Crippen LogP contribution is 2.24. The van der Waals surface area contributed by atoms with Crippen molar-refractivity contribution in [2.24, 2.45) is 0 Å². The minimum atomic E-state index is -2.20. The molecule has 0 aliphatic heterocycles. The molecular weight excluding hydrogens is 452 g/mol. The zero-order valence-corrected chi connectivity index (χ0v) is 13.6. The van der Waals surface area contributed by atoms with E-state index in [-0.39, 0.29) is 0 Å². The van der Waals surface area contributed by atoms with Crippen LogP contribution in [0.3, 0.4) is 0 Å². The predicted octanol–water partition coefficient (Wildman–Crippen LogP) is 2.52. The van der Waals surface area contributed by atoms with Crippen molar-refractivity contribution in [1.29, 1.82) is 0 Å². The molecule has 0 amide bonds. The largest absolute Gasteiger partial charge is 0.760 e. The third-order valence-corrected chi connectivity index (χ3v) is 4.75. The average Bonchev–Trinajstić information content (AvgIpc) is 2.29. The van der Waals surface area contributed by atoms with Crippen LogP contribution >= 0.6 is 45.2 Å². The number of hydrogen-bond acceptors (Lipinski definition) is 2. The fourth-order valence-electron chi connectivity index (χ4n) is 1.44. The smallest absolute Gasteiger partial charge is 0.0325 e. The van der Waals surface area contributed by atoms with Crippen molar-refractivity contribution in [2.45, 2.75) is 12.5 Å². The predicted molar refractivity (Wildman–Crippen MR) is 82.7 cm³/mol. The van der Waals surface area contributed by atoms with Gasteiger partial charge >= 0.3 is 0 Å². The number of nitrogens with one attached hydrogen (secondary N) is 1. The summed E-state index contributed by atoms with van der Waals surface area (Å²) in [7, 11) is 0. The maximum atomic E-state index is 10.5. The molecule has 90 valence electrons. The summed E-state index contributed by atoms with van der Waals surface area (Å²) in [4.78, 5) is 0. The second-order valence-electron chi connectivity index (χ2n) is 3.26. The van der Waals surface area contributed by atoms with Crippen LogP contribution < -0.4 is 4.72 Å². The molecule has 0 spiro atoms. The van der Waals surface area contributed by atoms with Crippen molar-refractivity contribution < 1.29 is 8.76 Å². The lowest BCUT2D eigenvalue weighted by molar-refractivity contribution is 0.522. The fraction of sp³-hybridized carbons (Fsp3) is 0.400. The highest BCUT2D eigenvalue weighted by Gasteiger charge is 2.12. The number of benzene rings is 1. The maximum Gasteiger partial charge on any atom is 0.0325 e. The number of rotatable bonds is 6. The van der Waals surface area contributed by atoms with Crippen LogP contribution in [-0.4, -0.2) is 17.6 Å². The van der Waals surface area contributed by atoms with Crippen molar-refractivity contribution in [2.75, 3.05) is 8.86 Å². The molecule has 0 aliphatic rings. The Hall–Kier alpha value is 0.750. The van der Waals surface area contributed by atoms with Gasteiger partial charge in [-0.2, -0.15) is 0 Å². The second-order valence-corrected chi connectivity index (χ2v) is 5.78. The normalized spacial score (nSPS) is 13.0. The van der Waals surface area contributed by atoms with Crippen LogP contribution in [0.5, 0.6) is 0 Å². The molecule has 1 rings (SSSR count). The Kier molecular flexibility index (Phi) is 7.37. The fourth-order valence-corrected chi connectivity index (χ4v) is 4.47. The van der Waals surface area contributed by atoms with E-state index in [1.807, 2.05) is 18.2 Å². The van der Waals surface area contributed by atoms with E-state index in [1.165, 1.54) is 5.56 Å². The molecule has 1 aromatic carbocycles. The van der Waals surface area contributed by atoms with Crippen LogP contribution in [0.25, 0.3) is 0 Å². The lowest BCUT2D eigenvalue weighted by Gasteiger charge is -2.17. The van der Waals surface area contributed by atoms with E-state index in [0.29, 0.717) is 12.5 Å². The van der Waals surface area contributed by atoms with Crippen molar-refractivity contribution in [3.63, 3.8) is 0 Å². The maximum absolute atomic E-state index is 10.5. The quantitative estimate of drug-likeness (QED) is 0.400. The topological polar surface area (TPSA) is 52.2 Å². The second kappa shape index (κ2) is 7.96. The van der Waals surface area contributed by atoms with E-state index >= 15 is 0 Å². The molecule has 1 aromatic rings. The Morgan fingerprint density at radius 2 is 1.94 bits per heavy atom. The highest BCUT2D eigenvalue weighted by molar-refractivity contribution is 14.1. The first-order chi connectivity index (χ1) is 7.69. The standard InChI is InChI=1S/C10H13I2NO2S/c11-5-9(6-12)10-4-2-1-3-8(10)7-13-16(14)15/h1-4,9,13H,5-7H2,(H,14,15)/p-1. The van der Waals surface area contributed by atoms with E-state index in [0.717, 1.165) is 14.4 Å². The number of halogens is 2. The summed E-state index contributed by atoms with van der Waals surface area (Å²) in [6.07, 6.45) is 0. The van der Waals surface area contributed by atoms with Gasteiger partial charge in [0.1, 0.15) is 0 Å². The Bertz CT molecular complexity index is 358. The Morgan fingerprint density at radius 3 is 2.50 bits per heavy atom.